The Kier molecular flexibility index (Phi) is 5.12. The fraction of sp³-hybridized carbons (Fsp3) is 0. The number of hydrogen-bond acceptors (Lipinski definition) is 3. The van der Waals surface area contributed by atoms with Crippen molar-refractivity contribution in [2.45, 2.75) is 0 Å². The van der Waals surface area contributed by atoms with Gasteiger partial charge in [0.2, 0.25) is 0 Å². The van der Waals surface area contributed by atoms with Crippen LogP contribution in [0.3, 0.4) is 0 Å². The molecule has 0 aliphatic carbocycles. The molecule has 7 rings (SSSR count). The van der Waals surface area contributed by atoms with E-state index in [1.165, 1.54) is 16.7 Å². The molecule has 5 nitrogen and oxygen atoms in total. The number of halogens is 3. The van der Waals surface area contributed by atoms with Gasteiger partial charge in [-0.1, -0.05) is 42.5 Å². The van der Waals surface area contributed by atoms with Gasteiger partial charge in [0, 0.05) is 33.7 Å². The zero-order valence-corrected chi connectivity index (χ0v) is 21.0. The number of aromatic nitrogens is 2. The zero-order valence-electron chi connectivity index (χ0n) is 21.0. The highest BCUT2D eigenvalue weighted by Crippen LogP contribution is 2.43. The van der Waals surface area contributed by atoms with E-state index in [0.29, 0.717) is 56.0 Å². The van der Waals surface area contributed by atoms with Crippen molar-refractivity contribution in [1.82, 2.24) is 9.13 Å². The van der Waals surface area contributed by atoms with Gasteiger partial charge < -0.3 is 9.13 Å². The molecule has 0 unspecified atom stereocenters. The minimum atomic E-state index is -1.06. The Balaban J connectivity index is 1.76. The Labute approximate surface area is 230 Å². The third kappa shape index (κ3) is 3.27. The summed E-state index contributed by atoms with van der Waals surface area (Å²) in [5.74, 6) is -3.15. The number of nitriles is 3. The maximum absolute atomic E-state index is 15.4. The third-order valence-corrected chi connectivity index (χ3v) is 7.38. The fourth-order valence-electron chi connectivity index (χ4n) is 5.84. The first kappa shape index (κ1) is 24.0. The van der Waals surface area contributed by atoms with Crippen molar-refractivity contribution in [3.8, 4) is 29.6 Å². The van der Waals surface area contributed by atoms with Gasteiger partial charge in [-0.25, -0.2) is 13.2 Å². The van der Waals surface area contributed by atoms with Crippen molar-refractivity contribution >= 4 is 43.6 Å². The number of rotatable bonds is 2. The van der Waals surface area contributed by atoms with Crippen LogP contribution in [0.1, 0.15) is 16.7 Å². The van der Waals surface area contributed by atoms with Crippen LogP contribution in [0.25, 0.3) is 55.0 Å². The standard InChI is InChI=1S/C33H14F3N5/c34-21-13-25(35)33(26(36)14-21)41-27-7-3-1-5-22(27)23-9-10-29-30(32(23)41)24-6-2-4-8-28(24)40(29)31-19(16-38)11-18(15-37)12-20(31)17-39/h1-14H. The minimum absolute atomic E-state index is 0.125. The lowest BCUT2D eigenvalue weighted by molar-refractivity contribution is 0.537. The van der Waals surface area contributed by atoms with E-state index in [9.17, 15) is 20.2 Å². The molecule has 0 fully saturated rings. The number of hydrogen-bond donors (Lipinski definition) is 0. The second-order valence-electron chi connectivity index (χ2n) is 9.53. The molecule has 0 amide bonds. The van der Waals surface area contributed by atoms with Gasteiger partial charge in [0.25, 0.3) is 0 Å². The van der Waals surface area contributed by atoms with Gasteiger partial charge in [-0.05, 0) is 30.3 Å². The summed E-state index contributed by atoms with van der Waals surface area (Å²) in [5.41, 5.74) is 2.51. The molecule has 0 N–H and O–H groups in total. The van der Waals surface area contributed by atoms with Crippen molar-refractivity contribution in [2.24, 2.45) is 0 Å². The molecule has 0 aliphatic heterocycles. The van der Waals surface area contributed by atoms with E-state index in [4.69, 9.17) is 0 Å². The van der Waals surface area contributed by atoms with Crippen LogP contribution in [0, 0.1) is 51.4 Å². The molecule has 8 heteroatoms. The topological polar surface area (TPSA) is 81.2 Å². The van der Waals surface area contributed by atoms with Crippen LogP contribution in [-0.2, 0) is 0 Å². The first-order valence-electron chi connectivity index (χ1n) is 12.5. The summed E-state index contributed by atoms with van der Waals surface area (Å²) in [7, 11) is 0. The highest BCUT2D eigenvalue weighted by molar-refractivity contribution is 6.26. The summed E-state index contributed by atoms with van der Waals surface area (Å²) in [4.78, 5) is 0. The van der Waals surface area contributed by atoms with Crippen LogP contribution in [0.5, 0.6) is 0 Å². The summed E-state index contributed by atoms with van der Waals surface area (Å²) in [5, 5.41) is 32.3. The number of fused-ring (bicyclic) bond motifs is 7. The van der Waals surface area contributed by atoms with E-state index >= 15 is 8.78 Å². The Morgan fingerprint density at radius 2 is 1.12 bits per heavy atom. The summed E-state index contributed by atoms with van der Waals surface area (Å²) in [6.07, 6.45) is 0. The molecule has 0 saturated carbocycles. The van der Waals surface area contributed by atoms with Crippen LogP contribution in [-0.4, -0.2) is 9.13 Å². The highest BCUT2D eigenvalue weighted by Gasteiger charge is 2.25. The molecule has 0 spiro atoms. The molecule has 7 aromatic rings. The average Bonchev–Trinajstić information content (AvgIpc) is 3.49. The monoisotopic (exact) mass is 537 g/mol. The van der Waals surface area contributed by atoms with Crippen LogP contribution in [0.2, 0.25) is 0 Å². The molecule has 5 aromatic carbocycles. The van der Waals surface area contributed by atoms with E-state index in [2.05, 4.69) is 12.1 Å². The minimum Gasteiger partial charge on any atom is -0.307 e. The van der Waals surface area contributed by atoms with Crippen LogP contribution in [0.4, 0.5) is 13.2 Å². The highest BCUT2D eigenvalue weighted by atomic mass is 19.1. The van der Waals surface area contributed by atoms with E-state index < -0.39 is 23.1 Å². The third-order valence-electron chi connectivity index (χ3n) is 7.38. The predicted molar refractivity (Wildman–Crippen MR) is 149 cm³/mol. The maximum atomic E-state index is 15.4. The number of nitrogens with zero attached hydrogens (tertiary/aromatic N) is 5. The Bertz CT molecular complexity index is 2340. The predicted octanol–water partition coefficient (Wildman–Crippen LogP) is 7.91. The van der Waals surface area contributed by atoms with Gasteiger partial charge in [-0.15, -0.1) is 0 Å². The Hall–Kier alpha value is -6.04. The molecule has 41 heavy (non-hydrogen) atoms. The summed E-state index contributed by atoms with van der Waals surface area (Å²) < 4.78 is 47.9. The van der Waals surface area contributed by atoms with E-state index in [1.807, 2.05) is 54.6 Å². The molecular formula is C33H14F3N5. The second-order valence-corrected chi connectivity index (χ2v) is 9.53. The summed E-state index contributed by atoms with van der Waals surface area (Å²) in [6, 6.07) is 28.5. The van der Waals surface area contributed by atoms with Gasteiger partial charge in [0.05, 0.1) is 50.5 Å². The van der Waals surface area contributed by atoms with E-state index in [-0.39, 0.29) is 16.7 Å². The maximum Gasteiger partial charge on any atom is 0.153 e. The lowest BCUT2D eigenvalue weighted by Gasteiger charge is -2.13. The molecule has 0 bridgehead atoms. The lowest BCUT2D eigenvalue weighted by Crippen LogP contribution is -2.03. The zero-order chi connectivity index (χ0) is 28.4. The van der Waals surface area contributed by atoms with E-state index in [1.54, 1.807) is 16.7 Å². The van der Waals surface area contributed by atoms with Crippen molar-refractivity contribution in [3.63, 3.8) is 0 Å². The lowest BCUT2D eigenvalue weighted by atomic mass is 10.0. The summed E-state index contributed by atoms with van der Waals surface area (Å²) >= 11 is 0. The van der Waals surface area contributed by atoms with Crippen molar-refractivity contribution in [1.29, 1.82) is 15.8 Å². The quantitative estimate of drug-likeness (QED) is 0.225. The van der Waals surface area contributed by atoms with Crippen molar-refractivity contribution in [2.75, 3.05) is 0 Å². The molecule has 0 radical (unpaired) electrons. The molecule has 2 heterocycles. The van der Waals surface area contributed by atoms with Crippen LogP contribution in [0.15, 0.2) is 84.9 Å². The summed E-state index contributed by atoms with van der Waals surface area (Å²) in [6.45, 7) is 0. The van der Waals surface area contributed by atoms with Crippen molar-refractivity contribution in [3.05, 3.63) is 119 Å². The van der Waals surface area contributed by atoms with Gasteiger partial charge >= 0.3 is 0 Å². The molecule has 192 valence electrons. The molecule has 0 atom stereocenters. The molecule has 2 aromatic heterocycles. The number of para-hydroxylation sites is 2. The van der Waals surface area contributed by atoms with Gasteiger partial charge in [-0.3, -0.25) is 0 Å². The Morgan fingerprint density at radius 1 is 0.537 bits per heavy atom. The first-order chi connectivity index (χ1) is 20.0. The van der Waals surface area contributed by atoms with E-state index in [0.717, 1.165) is 5.39 Å². The Morgan fingerprint density at radius 3 is 1.73 bits per heavy atom. The average molecular weight is 538 g/mol. The molecule has 0 aliphatic rings. The van der Waals surface area contributed by atoms with Crippen LogP contribution < -0.4 is 0 Å². The molecular weight excluding hydrogens is 523 g/mol. The largest absolute Gasteiger partial charge is 0.307 e. The smallest absolute Gasteiger partial charge is 0.153 e. The second kappa shape index (κ2) is 8.74. The van der Waals surface area contributed by atoms with Gasteiger partial charge in [-0.2, -0.15) is 15.8 Å². The fourth-order valence-corrected chi connectivity index (χ4v) is 5.84. The first-order valence-corrected chi connectivity index (χ1v) is 12.5. The SMILES string of the molecule is N#Cc1cc(C#N)c(-n2c3ccccc3c3c2ccc2c4ccccc4n(-c4c(F)cc(F)cc4F)c23)c(C#N)c1. The van der Waals surface area contributed by atoms with Crippen LogP contribution >= 0.6 is 0 Å². The molecule has 0 saturated heterocycles. The van der Waals surface area contributed by atoms with Gasteiger partial charge in [0.15, 0.2) is 11.6 Å². The number of benzene rings is 5. The van der Waals surface area contributed by atoms with Crippen molar-refractivity contribution < 1.29 is 13.2 Å². The van der Waals surface area contributed by atoms with Gasteiger partial charge in [0.1, 0.15) is 23.6 Å². The normalized spacial score (nSPS) is 11.2.